The first-order chi connectivity index (χ1) is 10.6. The monoisotopic (exact) mass is 420 g/mol. The molecule has 0 aliphatic carbocycles. The number of fused-ring (bicyclic) bond motifs is 1. The molecule has 1 aromatic heterocycles. The summed E-state index contributed by atoms with van der Waals surface area (Å²) >= 11 is 6.55. The molecule has 0 spiro atoms. The molecule has 22 heavy (non-hydrogen) atoms. The lowest BCUT2D eigenvalue weighted by molar-refractivity contribution is 0.475. The predicted molar refractivity (Wildman–Crippen MR) is 94.9 cm³/mol. The maximum atomic E-state index is 12.2. The molecule has 0 unspecified atom stereocenters. The highest BCUT2D eigenvalue weighted by Gasteiger charge is 2.14. The Labute approximate surface area is 143 Å². The molecule has 1 heterocycles. The van der Waals surface area contributed by atoms with Crippen molar-refractivity contribution in [3.8, 4) is 5.75 Å². The number of rotatable bonds is 2. The SMILES string of the molecule is O=c1cc(C=Cc2ccccc2)oc2c(Br)cc(Br)c(O)c12. The Balaban J connectivity index is 2.14. The summed E-state index contributed by atoms with van der Waals surface area (Å²) in [5, 5.41) is 10.2. The number of halogens is 2. The highest BCUT2D eigenvalue weighted by atomic mass is 79.9. The van der Waals surface area contributed by atoms with Crippen LogP contribution in [-0.2, 0) is 0 Å². The summed E-state index contributed by atoms with van der Waals surface area (Å²) in [4.78, 5) is 12.2. The second kappa shape index (κ2) is 6.10. The second-order valence-corrected chi connectivity index (χ2v) is 6.36. The van der Waals surface area contributed by atoms with Gasteiger partial charge in [0.2, 0.25) is 0 Å². The predicted octanol–water partition coefficient (Wildman–Crippen LogP) is 5.19. The van der Waals surface area contributed by atoms with E-state index < -0.39 is 0 Å². The minimum absolute atomic E-state index is 0.120. The number of hydrogen-bond donors (Lipinski definition) is 1. The molecule has 0 saturated carbocycles. The van der Waals surface area contributed by atoms with Crippen LogP contribution in [0.5, 0.6) is 5.75 Å². The maximum absolute atomic E-state index is 12.2. The quantitative estimate of drug-likeness (QED) is 0.619. The lowest BCUT2D eigenvalue weighted by Gasteiger charge is -2.05. The highest BCUT2D eigenvalue weighted by molar-refractivity contribution is 9.11. The molecule has 0 aliphatic rings. The van der Waals surface area contributed by atoms with Gasteiger partial charge in [-0.15, -0.1) is 0 Å². The molecule has 2 aromatic carbocycles. The minimum atomic E-state index is -0.298. The van der Waals surface area contributed by atoms with Crippen LogP contribution in [0, 0.1) is 0 Å². The Morgan fingerprint density at radius 3 is 2.45 bits per heavy atom. The normalized spacial score (nSPS) is 11.4. The van der Waals surface area contributed by atoms with Crippen LogP contribution < -0.4 is 5.43 Å². The Kier molecular flexibility index (Phi) is 4.18. The standard InChI is InChI=1S/C17H10Br2O3/c18-12-9-13(19)17-15(16(12)21)14(20)8-11(22-17)7-6-10-4-2-1-3-5-10/h1-9,21H. The first-order valence-electron chi connectivity index (χ1n) is 6.44. The Morgan fingerprint density at radius 1 is 1.00 bits per heavy atom. The Morgan fingerprint density at radius 2 is 1.73 bits per heavy atom. The van der Waals surface area contributed by atoms with Crippen LogP contribution >= 0.6 is 31.9 Å². The zero-order chi connectivity index (χ0) is 15.7. The fourth-order valence-electron chi connectivity index (χ4n) is 2.09. The summed E-state index contributed by atoms with van der Waals surface area (Å²) in [5.74, 6) is 0.300. The van der Waals surface area contributed by atoms with Gasteiger partial charge in [-0.2, -0.15) is 0 Å². The van der Waals surface area contributed by atoms with Crippen molar-refractivity contribution in [1.29, 1.82) is 0 Å². The molecule has 0 amide bonds. The number of benzene rings is 2. The van der Waals surface area contributed by atoms with E-state index in [4.69, 9.17) is 4.42 Å². The van der Waals surface area contributed by atoms with Crippen molar-refractivity contribution in [2.75, 3.05) is 0 Å². The van der Waals surface area contributed by atoms with Crippen LogP contribution in [0.25, 0.3) is 23.1 Å². The lowest BCUT2D eigenvalue weighted by atomic mass is 10.1. The van der Waals surface area contributed by atoms with Crippen molar-refractivity contribution in [3.63, 3.8) is 0 Å². The van der Waals surface area contributed by atoms with Crippen LogP contribution in [0.15, 0.2) is 60.6 Å². The number of aromatic hydroxyl groups is 1. The fourth-order valence-corrected chi connectivity index (χ4v) is 3.34. The van der Waals surface area contributed by atoms with Crippen LogP contribution in [0.4, 0.5) is 0 Å². The van der Waals surface area contributed by atoms with Crippen LogP contribution in [0.1, 0.15) is 11.3 Å². The highest BCUT2D eigenvalue weighted by Crippen LogP contribution is 2.36. The third kappa shape index (κ3) is 2.87. The van der Waals surface area contributed by atoms with Gasteiger partial charge in [-0.05, 0) is 49.6 Å². The van der Waals surface area contributed by atoms with Gasteiger partial charge in [0.05, 0.1) is 8.95 Å². The number of phenols is 1. The molecule has 1 N–H and O–H groups in total. The van der Waals surface area contributed by atoms with Gasteiger partial charge in [-0.3, -0.25) is 4.79 Å². The van der Waals surface area contributed by atoms with Crippen molar-refractivity contribution in [3.05, 3.63) is 73.0 Å². The van der Waals surface area contributed by atoms with Gasteiger partial charge in [0.15, 0.2) is 11.0 Å². The summed E-state index contributed by atoms with van der Waals surface area (Å²) in [5.41, 5.74) is 1.03. The van der Waals surface area contributed by atoms with Crippen molar-refractivity contribution in [2.24, 2.45) is 0 Å². The largest absolute Gasteiger partial charge is 0.506 e. The zero-order valence-electron chi connectivity index (χ0n) is 11.2. The molecule has 3 rings (SSSR count). The average molecular weight is 422 g/mol. The molecule has 3 nitrogen and oxygen atoms in total. The van der Waals surface area contributed by atoms with Crippen molar-refractivity contribution >= 4 is 55.0 Å². The van der Waals surface area contributed by atoms with Gasteiger partial charge in [0.25, 0.3) is 0 Å². The lowest BCUT2D eigenvalue weighted by Crippen LogP contribution is -2.01. The van der Waals surface area contributed by atoms with Crippen LogP contribution in [-0.4, -0.2) is 5.11 Å². The van der Waals surface area contributed by atoms with E-state index in [0.717, 1.165) is 5.56 Å². The minimum Gasteiger partial charge on any atom is -0.506 e. The second-order valence-electron chi connectivity index (χ2n) is 4.65. The average Bonchev–Trinajstić information content (AvgIpc) is 2.51. The molecule has 0 saturated heterocycles. The van der Waals surface area contributed by atoms with E-state index in [0.29, 0.717) is 20.3 Å². The molecular weight excluding hydrogens is 412 g/mol. The van der Waals surface area contributed by atoms with E-state index in [1.165, 1.54) is 6.07 Å². The Bertz CT molecular complexity index is 928. The smallest absolute Gasteiger partial charge is 0.197 e. The van der Waals surface area contributed by atoms with Gasteiger partial charge in [-0.25, -0.2) is 0 Å². The summed E-state index contributed by atoms with van der Waals surface area (Å²) in [6.07, 6.45) is 3.58. The zero-order valence-corrected chi connectivity index (χ0v) is 14.4. The van der Waals surface area contributed by atoms with Gasteiger partial charge in [0.1, 0.15) is 16.9 Å². The maximum Gasteiger partial charge on any atom is 0.197 e. The molecule has 0 radical (unpaired) electrons. The van der Waals surface area contributed by atoms with E-state index in [2.05, 4.69) is 31.9 Å². The molecule has 0 atom stereocenters. The topological polar surface area (TPSA) is 50.4 Å². The van der Waals surface area contributed by atoms with E-state index in [1.807, 2.05) is 36.4 Å². The van der Waals surface area contributed by atoms with Crippen LogP contribution in [0.2, 0.25) is 0 Å². The first-order valence-corrected chi connectivity index (χ1v) is 8.03. The third-order valence-electron chi connectivity index (χ3n) is 3.14. The summed E-state index contributed by atoms with van der Waals surface area (Å²) < 4.78 is 6.75. The van der Waals surface area contributed by atoms with Crippen molar-refractivity contribution < 1.29 is 9.52 Å². The summed E-state index contributed by atoms with van der Waals surface area (Å²) in [6.45, 7) is 0. The summed E-state index contributed by atoms with van der Waals surface area (Å²) in [7, 11) is 0. The van der Waals surface area contributed by atoms with Crippen molar-refractivity contribution in [1.82, 2.24) is 0 Å². The molecule has 110 valence electrons. The number of phenolic OH excluding ortho intramolecular Hbond substituents is 1. The van der Waals surface area contributed by atoms with Gasteiger partial charge in [-0.1, -0.05) is 36.4 Å². The van der Waals surface area contributed by atoms with Crippen molar-refractivity contribution in [2.45, 2.75) is 0 Å². The van der Waals surface area contributed by atoms with E-state index >= 15 is 0 Å². The van der Waals surface area contributed by atoms with Gasteiger partial charge in [0, 0.05) is 6.07 Å². The molecule has 3 aromatic rings. The molecule has 0 aliphatic heterocycles. The molecule has 5 heteroatoms. The number of hydrogen-bond acceptors (Lipinski definition) is 3. The first kappa shape index (κ1) is 15.1. The van der Waals surface area contributed by atoms with Gasteiger partial charge >= 0.3 is 0 Å². The molecular formula is C17H10Br2O3. The molecule has 0 bridgehead atoms. The Hall–Kier alpha value is -1.85. The van der Waals surface area contributed by atoms with E-state index in [9.17, 15) is 9.90 Å². The third-order valence-corrected chi connectivity index (χ3v) is 4.33. The van der Waals surface area contributed by atoms with Crippen LogP contribution in [0.3, 0.4) is 0 Å². The fraction of sp³-hybridized carbons (Fsp3) is 0. The van der Waals surface area contributed by atoms with E-state index in [-0.39, 0.29) is 16.6 Å². The van der Waals surface area contributed by atoms with E-state index in [1.54, 1.807) is 12.1 Å². The summed E-state index contributed by atoms with van der Waals surface area (Å²) in [6, 6.07) is 12.7. The van der Waals surface area contributed by atoms with Gasteiger partial charge < -0.3 is 9.52 Å². The molecule has 0 fully saturated rings.